The van der Waals surface area contributed by atoms with Crippen LogP contribution < -0.4 is 0 Å². The number of hydrogen-bond donors (Lipinski definition) is 0. The van der Waals surface area contributed by atoms with Crippen LogP contribution in [-0.4, -0.2) is 10.8 Å². The van der Waals surface area contributed by atoms with E-state index in [4.69, 9.17) is 23.2 Å². The van der Waals surface area contributed by atoms with E-state index in [1.165, 1.54) is 0 Å². The van der Waals surface area contributed by atoms with Crippen molar-refractivity contribution in [1.29, 1.82) is 0 Å². The Hall–Kier alpha value is 0.320. The molecule has 1 atom stereocenters. The number of halogens is 2. The van der Waals surface area contributed by atoms with Crippen LogP contribution in [0.5, 0.6) is 0 Å². The van der Waals surface area contributed by atoms with Crippen molar-refractivity contribution < 1.29 is 0 Å². The Labute approximate surface area is 54.1 Å². The summed E-state index contributed by atoms with van der Waals surface area (Å²) in [4.78, 5) is -0.415. The number of hydrogen-bond acceptors (Lipinski definition) is 0. The fourth-order valence-corrected chi connectivity index (χ4v) is 0.164. The summed E-state index contributed by atoms with van der Waals surface area (Å²) >= 11 is 11.0. The molecule has 2 heteroatoms. The molecule has 0 amide bonds. The monoisotopic (exact) mass is 138 g/mol. The second-order valence-electron chi connectivity index (χ2n) is 1.62. The van der Waals surface area contributed by atoms with Crippen LogP contribution in [0.3, 0.4) is 0 Å². The van der Waals surface area contributed by atoms with E-state index in [1.54, 1.807) is 6.08 Å². The average Bonchev–Trinajstić information content (AvgIpc) is 1.68. The standard InChI is InChI=1S/C5H8Cl2/c1-3-5(2,7)4-6/h3H,1,4H2,2H3. The Bertz CT molecular complexity index is 66.5. The molecule has 0 rings (SSSR count). The maximum absolute atomic E-state index is 5.66. The van der Waals surface area contributed by atoms with Crippen molar-refractivity contribution in [2.75, 3.05) is 5.88 Å². The molecule has 0 radical (unpaired) electrons. The molecule has 0 saturated heterocycles. The summed E-state index contributed by atoms with van der Waals surface area (Å²) in [6.45, 7) is 5.30. The molecule has 7 heavy (non-hydrogen) atoms. The lowest BCUT2D eigenvalue weighted by atomic mass is 10.2. The quantitative estimate of drug-likeness (QED) is 0.407. The predicted octanol–water partition coefficient (Wildman–Crippen LogP) is 2.41. The van der Waals surface area contributed by atoms with Gasteiger partial charge >= 0.3 is 0 Å². The summed E-state index contributed by atoms with van der Waals surface area (Å²) in [5.74, 6) is 0.415. The van der Waals surface area contributed by atoms with Gasteiger partial charge in [0.25, 0.3) is 0 Å². The van der Waals surface area contributed by atoms with Crippen molar-refractivity contribution in [1.82, 2.24) is 0 Å². The summed E-state index contributed by atoms with van der Waals surface area (Å²) in [5.41, 5.74) is 0. The van der Waals surface area contributed by atoms with Gasteiger partial charge in [-0.3, -0.25) is 0 Å². The van der Waals surface area contributed by atoms with Crippen LogP contribution in [0.15, 0.2) is 12.7 Å². The molecule has 0 aliphatic heterocycles. The third kappa shape index (κ3) is 2.95. The van der Waals surface area contributed by atoms with Crippen LogP contribution in [0.25, 0.3) is 0 Å². The highest BCUT2D eigenvalue weighted by molar-refractivity contribution is 6.31. The molecule has 1 unspecified atom stereocenters. The fraction of sp³-hybridized carbons (Fsp3) is 0.600. The molecule has 0 heterocycles. The van der Waals surface area contributed by atoms with Crippen LogP contribution in [0.1, 0.15) is 6.92 Å². The van der Waals surface area contributed by atoms with Gasteiger partial charge in [0.15, 0.2) is 0 Å². The van der Waals surface area contributed by atoms with Gasteiger partial charge in [0.05, 0.1) is 4.87 Å². The fourth-order valence-electron chi connectivity index (χ4n) is 0.0546. The van der Waals surface area contributed by atoms with Crippen LogP contribution in [0.4, 0.5) is 0 Å². The molecule has 0 nitrogen and oxygen atoms in total. The minimum Gasteiger partial charge on any atom is -0.124 e. The van der Waals surface area contributed by atoms with Gasteiger partial charge in [0.2, 0.25) is 0 Å². The Morgan fingerprint density at radius 3 is 2.29 bits per heavy atom. The molecule has 0 N–H and O–H groups in total. The van der Waals surface area contributed by atoms with Gasteiger partial charge in [-0.05, 0) is 6.92 Å². The SMILES string of the molecule is C=CC(C)(Cl)CCl. The van der Waals surface area contributed by atoms with E-state index in [1.807, 2.05) is 6.92 Å². The topological polar surface area (TPSA) is 0 Å². The van der Waals surface area contributed by atoms with Gasteiger partial charge in [-0.15, -0.1) is 29.8 Å². The molecule has 0 saturated carbocycles. The first-order chi connectivity index (χ1) is 3.12. The zero-order valence-corrected chi connectivity index (χ0v) is 5.76. The highest BCUT2D eigenvalue weighted by Crippen LogP contribution is 2.15. The highest BCUT2D eigenvalue weighted by Gasteiger charge is 2.12. The normalized spacial score (nSPS) is 18.1. The minimum atomic E-state index is -0.415. The van der Waals surface area contributed by atoms with Crippen molar-refractivity contribution in [2.45, 2.75) is 11.8 Å². The van der Waals surface area contributed by atoms with E-state index in [0.717, 1.165) is 0 Å². The molecule has 0 spiro atoms. The van der Waals surface area contributed by atoms with E-state index < -0.39 is 4.87 Å². The van der Waals surface area contributed by atoms with E-state index in [-0.39, 0.29) is 0 Å². The second kappa shape index (κ2) is 2.58. The zero-order valence-electron chi connectivity index (χ0n) is 4.25. The minimum absolute atomic E-state index is 0.415. The Kier molecular flexibility index (Phi) is 2.70. The average molecular weight is 139 g/mol. The summed E-state index contributed by atoms with van der Waals surface area (Å²) in [7, 11) is 0. The Morgan fingerprint density at radius 2 is 2.29 bits per heavy atom. The van der Waals surface area contributed by atoms with Crippen LogP contribution in [0.2, 0.25) is 0 Å². The van der Waals surface area contributed by atoms with Crippen molar-refractivity contribution in [3.63, 3.8) is 0 Å². The van der Waals surface area contributed by atoms with E-state index in [9.17, 15) is 0 Å². The lowest BCUT2D eigenvalue weighted by Crippen LogP contribution is -2.12. The van der Waals surface area contributed by atoms with Crippen molar-refractivity contribution >= 4 is 23.2 Å². The van der Waals surface area contributed by atoms with Gasteiger partial charge in [0.1, 0.15) is 0 Å². The number of rotatable bonds is 2. The second-order valence-corrected chi connectivity index (χ2v) is 2.75. The molecule has 0 aromatic rings. The highest BCUT2D eigenvalue weighted by atomic mass is 35.5. The summed E-state index contributed by atoms with van der Waals surface area (Å²) in [6, 6.07) is 0. The van der Waals surface area contributed by atoms with Gasteiger partial charge in [-0.25, -0.2) is 0 Å². The van der Waals surface area contributed by atoms with E-state index in [2.05, 4.69) is 6.58 Å². The molecule has 0 aromatic heterocycles. The van der Waals surface area contributed by atoms with Gasteiger partial charge in [-0.1, -0.05) is 6.08 Å². The maximum atomic E-state index is 5.66. The first-order valence-electron chi connectivity index (χ1n) is 2.01. The predicted molar refractivity (Wildman–Crippen MR) is 35.2 cm³/mol. The first-order valence-corrected chi connectivity index (χ1v) is 2.92. The van der Waals surface area contributed by atoms with Crippen molar-refractivity contribution in [2.24, 2.45) is 0 Å². The lowest BCUT2D eigenvalue weighted by Gasteiger charge is -2.09. The van der Waals surface area contributed by atoms with Gasteiger partial charge in [0, 0.05) is 5.88 Å². The number of allylic oxidation sites excluding steroid dienone is 1. The van der Waals surface area contributed by atoms with Gasteiger partial charge in [-0.2, -0.15) is 0 Å². The smallest absolute Gasteiger partial charge is 0.0730 e. The van der Waals surface area contributed by atoms with E-state index in [0.29, 0.717) is 5.88 Å². The Morgan fingerprint density at radius 1 is 1.86 bits per heavy atom. The molecule has 0 bridgehead atoms. The molecule has 42 valence electrons. The third-order valence-corrected chi connectivity index (χ3v) is 1.67. The molecule has 0 aliphatic rings. The third-order valence-electron chi connectivity index (χ3n) is 0.687. The lowest BCUT2D eigenvalue weighted by molar-refractivity contribution is 0.894. The number of alkyl halides is 2. The molecular weight excluding hydrogens is 131 g/mol. The van der Waals surface area contributed by atoms with Crippen LogP contribution in [-0.2, 0) is 0 Å². The molecule has 0 aliphatic carbocycles. The summed E-state index contributed by atoms with van der Waals surface area (Å²) in [5, 5.41) is 0. The summed E-state index contributed by atoms with van der Waals surface area (Å²) < 4.78 is 0. The maximum Gasteiger partial charge on any atom is 0.0730 e. The van der Waals surface area contributed by atoms with Crippen LogP contribution in [0, 0.1) is 0 Å². The molecule has 0 fully saturated rings. The van der Waals surface area contributed by atoms with Crippen molar-refractivity contribution in [3.05, 3.63) is 12.7 Å². The largest absolute Gasteiger partial charge is 0.124 e. The van der Waals surface area contributed by atoms with Gasteiger partial charge < -0.3 is 0 Å². The first kappa shape index (κ1) is 7.32. The Balaban J connectivity index is 3.58. The molecule has 0 aromatic carbocycles. The van der Waals surface area contributed by atoms with E-state index >= 15 is 0 Å². The summed E-state index contributed by atoms with van der Waals surface area (Å²) in [6.07, 6.45) is 1.63. The van der Waals surface area contributed by atoms with Crippen LogP contribution >= 0.6 is 23.2 Å². The zero-order chi connectivity index (χ0) is 5.91. The van der Waals surface area contributed by atoms with Crippen molar-refractivity contribution in [3.8, 4) is 0 Å². The molecular formula is C5H8Cl2.